The van der Waals surface area contributed by atoms with Gasteiger partial charge in [0.1, 0.15) is 11.5 Å². The zero-order valence-corrected chi connectivity index (χ0v) is 13.5. The molecule has 120 valence electrons. The second kappa shape index (κ2) is 9.10. The topological polar surface area (TPSA) is 54.0 Å². The molecule has 5 nitrogen and oxygen atoms in total. The molecule has 0 aromatic heterocycles. The number of ether oxygens (including phenoxy) is 2. The third-order valence-electron chi connectivity index (χ3n) is 3.79. The van der Waals surface area contributed by atoms with Gasteiger partial charge in [0.25, 0.3) is 0 Å². The summed E-state index contributed by atoms with van der Waals surface area (Å²) >= 11 is 0. The van der Waals surface area contributed by atoms with Gasteiger partial charge in [0.15, 0.2) is 0 Å². The first-order chi connectivity index (χ1) is 9.80. The standard InChI is InChI=1S/C15H24N2O3.ClH/c1-19-12-3-4-15(20-2)13(11-12)14(5-10-18)17-8-6-16-7-9-17;/h3-4,11,14,16,18H,5-10H2,1-2H3;1H/t14-;/m0./s1. The Labute approximate surface area is 132 Å². The molecule has 0 bridgehead atoms. The van der Waals surface area contributed by atoms with Crippen LogP contribution in [0.25, 0.3) is 0 Å². The minimum Gasteiger partial charge on any atom is -0.497 e. The number of halogens is 1. The molecule has 1 aliphatic heterocycles. The van der Waals surface area contributed by atoms with E-state index in [9.17, 15) is 5.11 Å². The highest BCUT2D eigenvalue weighted by molar-refractivity contribution is 5.85. The van der Waals surface area contributed by atoms with Gasteiger partial charge < -0.3 is 19.9 Å². The summed E-state index contributed by atoms with van der Waals surface area (Å²) in [5, 5.41) is 12.8. The Morgan fingerprint density at radius 3 is 2.52 bits per heavy atom. The van der Waals surface area contributed by atoms with Crippen molar-refractivity contribution in [2.45, 2.75) is 12.5 Å². The predicted octanol–water partition coefficient (Wildman–Crippen LogP) is 1.45. The average Bonchev–Trinajstić information content (AvgIpc) is 2.53. The van der Waals surface area contributed by atoms with Gasteiger partial charge in [-0.15, -0.1) is 12.4 Å². The Morgan fingerprint density at radius 2 is 1.95 bits per heavy atom. The van der Waals surface area contributed by atoms with Crippen LogP contribution in [0.4, 0.5) is 0 Å². The van der Waals surface area contributed by atoms with E-state index in [4.69, 9.17) is 9.47 Å². The van der Waals surface area contributed by atoms with Crippen molar-refractivity contribution in [1.82, 2.24) is 10.2 Å². The fraction of sp³-hybridized carbons (Fsp3) is 0.600. The highest BCUT2D eigenvalue weighted by Crippen LogP contribution is 2.34. The number of rotatable bonds is 6. The Bertz CT molecular complexity index is 425. The molecular formula is C15H25ClN2O3. The zero-order chi connectivity index (χ0) is 14.4. The van der Waals surface area contributed by atoms with Gasteiger partial charge in [0, 0.05) is 44.4 Å². The third kappa shape index (κ3) is 4.48. The number of nitrogens with one attached hydrogen (secondary N) is 1. The lowest BCUT2D eigenvalue weighted by Crippen LogP contribution is -2.45. The molecule has 1 aromatic carbocycles. The van der Waals surface area contributed by atoms with E-state index in [0.29, 0.717) is 6.42 Å². The van der Waals surface area contributed by atoms with Gasteiger partial charge in [-0.25, -0.2) is 0 Å². The smallest absolute Gasteiger partial charge is 0.123 e. The molecule has 1 aliphatic rings. The summed E-state index contributed by atoms with van der Waals surface area (Å²) < 4.78 is 10.8. The van der Waals surface area contributed by atoms with Crippen molar-refractivity contribution in [2.75, 3.05) is 47.0 Å². The maximum absolute atomic E-state index is 9.40. The molecule has 1 saturated heterocycles. The Kier molecular flexibility index (Phi) is 7.82. The van der Waals surface area contributed by atoms with Gasteiger partial charge in [-0.3, -0.25) is 4.90 Å². The second-order valence-electron chi connectivity index (χ2n) is 4.92. The lowest BCUT2D eigenvalue weighted by molar-refractivity contribution is 0.138. The van der Waals surface area contributed by atoms with E-state index in [-0.39, 0.29) is 25.1 Å². The molecule has 21 heavy (non-hydrogen) atoms. The number of hydrogen-bond donors (Lipinski definition) is 2. The number of aliphatic hydroxyl groups is 1. The number of benzene rings is 1. The fourth-order valence-electron chi connectivity index (χ4n) is 2.75. The van der Waals surface area contributed by atoms with Crippen LogP contribution < -0.4 is 14.8 Å². The minimum absolute atomic E-state index is 0. The highest BCUT2D eigenvalue weighted by Gasteiger charge is 2.24. The van der Waals surface area contributed by atoms with E-state index in [1.807, 2.05) is 18.2 Å². The molecule has 0 radical (unpaired) electrons. The number of nitrogens with zero attached hydrogens (tertiary/aromatic N) is 1. The van der Waals surface area contributed by atoms with Crippen molar-refractivity contribution in [2.24, 2.45) is 0 Å². The zero-order valence-electron chi connectivity index (χ0n) is 12.7. The van der Waals surface area contributed by atoms with E-state index >= 15 is 0 Å². The van der Waals surface area contributed by atoms with Gasteiger partial charge >= 0.3 is 0 Å². The van der Waals surface area contributed by atoms with E-state index in [1.54, 1.807) is 14.2 Å². The molecule has 0 spiro atoms. The average molecular weight is 317 g/mol. The monoisotopic (exact) mass is 316 g/mol. The number of piperazine rings is 1. The normalized spacial score (nSPS) is 16.9. The Morgan fingerprint density at radius 1 is 1.24 bits per heavy atom. The lowest BCUT2D eigenvalue weighted by Gasteiger charge is -2.35. The third-order valence-corrected chi connectivity index (χ3v) is 3.79. The Hall–Kier alpha value is -1.01. The van der Waals surface area contributed by atoms with Gasteiger partial charge in [-0.2, -0.15) is 0 Å². The molecule has 1 heterocycles. The van der Waals surface area contributed by atoms with Crippen molar-refractivity contribution in [3.63, 3.8) is 0 Å². The van der Waals surface area contributed by atoms with Gasteiger partial charge in [-0.1, -0.05) is 0 Å². The quantitative estimate of drug-likeness (QED) is 0.832. The first-order valence-electron chi connectivity index (χ1n) is 7.07. The predicted molar refractivity (Wildman–Crippen MR) is 85.7 cm³/mol. The molecule has 0 amide bonds. The van der Waals surface area contributed by atoms with Gasteiger partial charge in [0.2, 0.25) is 0 Å². The minimum atomic E-state index is 0. The van der Waals surface area contributed by atoms with Gasteiger partial charge in [0.05, 0.1) is 14.2 Å². The van der Waals surface area contributed by atoms with Crippen LogP contribution >= 0.6 is 12.4 Å². The summed E-state index contributed by atoms with van der Waals surface area (Å²) in [6.07, 6.45) is 0.698. The van der Waals surface area contributed by atoms with Crippen LogP contribution in [0.3, 0.4) is 0 Å². The number of hydrogen-bond acceptors (Lipinski definition) is 5. The van der Waals surface area contributed by atoms with Crippen LogP contribution in [0.15, 0.2) is 18.2 Å². The van der Waals surface area contributed by atoms with E-state index in [0.717, 1.165) is 43.2 Å². The molecule has 1 atom stereocenters. The molecule has 0 saturated carbocycles. The van der Waals surface area contributed by atoms with Gasteiger partial charge in [-0.05, 0) is 24.6 Å². The maximum atomic E-state index is 9.40. The Balaban J connectivity index is 0.00000220. The van der Waals surface area contributed by atoms with Crippen molar-refractivity contribution >= 4 is 12.4 Å². The fourth-order valence-corrected chi connectivity index (χ4v) is 2.75. The van der Waals surface area contributed by atoms with Crippen LogP contribution in [-0.2, 0) is 0 Å². The summed E-state index contributed by atoms with van der Waals surface area (Å²) in [7, 11) is 3.34. The summed E-state index contributed by atoms with van der Waals surface area (Å²) in [5.41, 5.74) is 1.09. The molecule has 1 aromatic rings. The number of methoxy groups -OCH3 is 2. The van der Waals surface area contributed by atoms with Crippen LogP contribution in [0.5, 0.6) is 11.5 Å². The van der Waals surface area contributed by atoms with Crippen LogP contribution in [0, 0.1) is 0 Å². The van der Waals surface area contributed by atoms with Crippen LogP contribution in [-0.4, -0.2) is 57.0 Å². The van der Waals surface area contributed by atoms with Crippen LogP contribution in [0.2, 0.25) is 0 Å². The lowest BCUT2D eigenvalue weighted by atomic mass is 10.00. The molecular weight excluding hydrogens is 292 g/mol. The van der Waals surface area contributed by atoms with Crippen molar-refractivity contribution in [1.29, 1.82) is 0 Å². The van der Waals surface area contributed by atoms with Crippen molar-refractivity contribution < 1.29 is 14.6 Å². The molecule has 2 N–H and O–H groups in total. The van der Waals surface area contributed by atoms with Crippen molar-refractivity contribution in [3.8, 4) is 11.5 Å². The largest absolute Gasteiger partial charge is 0.497 e. The SMILES string of the molecule is COc1ccc(OC)c([C@H](CCO)N2CCNCC2)c1.Cl. The second-order valence-corrected chi connectivity index (χ2v) is 4.92. The maximum Gasteiger partial charge on any atom is 0.123 e. The summed E-state index contributed by atoms with van der Waals surface area (Å²) in [6.45, 7) is 4.08. The van der Waals surface area contributed by atoms with E-state index < -0.39 is 0 Å². The summed E-state index contributed by atoms with van der Waals surface area (Å²) in [5.74, 6) is 1.67. The molecule has 6 heteroatoms. The summed E-state index contributed by atoms with van der Waals surface area (Å²) in [6, 6.07) is 6.00. The summed E-state index contributed by atoms with van der Waals surface area (Å²) in [4.78, 5) is 2.39. The molecule has 0 aliphatic carbocycles. The van der Waals surface area contributed by atoms with E-state index in [1.165, 1.54) is 0 Å². The van der Waals surface area contributed by atoms with E-state index in [2.05, 4.69) is 10.2 Å². The first kappa shape index (κ1) is 18.0. The van der Waals surface area contributed by atoms with Crippen molar-refractivity contribution in [3.05, 3.63) is 23.8 Å². The van der Waals surface area contributed by atoms with Crippen LogP contribution in [0.1, 0.15) is 18.0 Å². The number of aliphatic hydroxyl groups excluding tert-OH is 1. The molecule has 2 rings (SSSR count). The molecule has 1 fully saturated rings. The molecule has 0 unspecified atom stereocenters. The highest BCUT2D eigenvalue weighted by atomic mass is 35.5. The first-order valence-corrected chi connectivity index (χ1v) is 7.07.